The second kappa shape index (κ2) is 6.31. The van der Waals surface area contributed by atoms with Gasteiger partial charge in [0.05, 0.1) is 5.60 Å². The highest BCUT2D eigenvalue weighted by atomic mass is 16.6. The summed E-state index contributed by atoms with van der Waals surface area (Å²) < 4.78 is 5.37. The van der Waals surface area contributed by atoms with Gasteiger partial charge in [0.15, 0.2) is 0 Å². The molecule has 20 heavy (non-hydrogen) atoms. The van der Waals surface area contributed by atoms with Crippen LogP contribution in [0, 0.1) is 5.92 Å². The van der Waals surface area contributed by atoms with E-state index in [1.54, 1.807) is 18.7 Å². The maximum atomic E-state index is 11.9. The number of likely N-dealkylation sites (tertiary alicyclic amines) is 1. The summed E-state index contributed by atoms with van der Waals surface area (Å²) in [4.78, 5) is 13.7. The van der Waals surface area contributed by atoms with Gasteiger partial charge in [0.1, 0.15) is 5.60 Å². The second-order valence-electron chi connectivity index (χ2n) is 7.41. The van der Waals surface area contributed by atoms with Crippen LogP contribution in [-0.2, 0) is 4.74 Å². The molecule has 0 aromatic rings. The number of carbonyl (C=O) groups excluding carboxylic acids is 1. The Morgan fingerprint density at radius 1 is 1.30 bits per heavy atom. The predicted molar refractivity (Wildman–Crippen MR) is 79.4 cm³/mol. The van der Waals surface area contributed by atoms with Crippen LogP contribution in [0.25, 0.3) is 0 Å². The summed E-state index contributed by atoms with van der Waals surface area (Å²) in [7, 11) is 0. The summed E-state index contributed by atoms with van der Waals surface area (Å²) in [6.45, 7) is 10.5. The van der Waals surface area contributed by atoms with Crippen molar-refractivity contribution < 1.29 is 14.6 Å². The van der Waals surface area contributed by atoms with E-state index in [1.165, 1.54) is 0 Å². The molecule has 1 saturated heterocycles. The number of hydrogen-bond donors (Lipinski definition) is 2. The lowest BCUT2D eigenvalue weighted by atomic mass is 9.85. The topological polar surface area (TPSA) is 75.8 Å². The third kappa shape index (κ3) is 5.67. The number of rotatable bonds is 3. The van der Waals surface area contributed by atoms with E-state index in [9.17, 15) is 9.90 Å². The van der Waals surface area contributed by atoms with Crippen LogP contribution in [0.5, 0.6) is 0 Å². The van der Waals surface area contributed by atoms with Crippen LogP contribution in [0.1, 0.15) is 53.9 Å². The maximum absolute atomic E-state index is 11.9. The van der Waals surface area contributed by atoms with Gasteiger partial charge in [0.25, 0.3) is 0 Å². The lowest BCUT2D eigenvalue weighted by Gasteiger charge is -2.36. The molecule has 0 unspecified atom stereocenters. The number of ether oxygens (including phenoxy) is 1. The molecule has 1 aliphatic rings. The molecule has 0 aromatic heterocycles. The average Bonchev–Trinajstić information content (AvgIpc) is 2.26. The zero-order valence-corrected chi connectivity index (χ0v) is 13.5. The molecule has 0 spiro atoms. The molecule has 0 aliphatic carbocycles. The molecule has 0 saturated carbocycles. The minimum absolute atomic E-state index is 0.222. The van der Waals surface area contributed by atoms with Crippen molar-refractivity contribution in [1.29, 1.82) is 0 Å². The molecule has 3 N–H and O–H groups in total. The number of amides is 1. The summed E-state index contributed by atoms with van der Waals surface area (Å²) in [5.74, 6) is 0.468. The zero-order chi connectivity index (χ0) is 15.6. The third-order valence-electron chi connectivity index (χ3n) is 3.76. The molecule has 1 rings (SSSR count). The molecule has 1 amide bonds. The lowest BCUT2D eigenvalue weighted by molar-refractivity contribution is 0.0132. The Morgan fingerprint density at radius 3 is 2.20 bits per heavy atom. The molecular weight excluding hydrogens is 256 g/mol. The minimum atomic E-state index is -0.845. The van der Waals surface area contributed by atoms with E-state index in [0.29, 0.717) is 19.0 Å². The Kier molecular flexibility index (Phi) is 5.44. The van der Waals surface area contributed by atoms with Crippen LogP contribution in [-0.4, -0.2) is 46.4 Å². The Bertz CT molecular complexity index is 323. The highest BCUT2D eigenvalue weighted by molar-refractivity contribution is 5.68. The molecule has 1 aliphatic heterocycles. The summed E-state index contributed by atoms with van der Waals surface area (Å²) in [6.07, 6.45) is 2.40. The molecule has 118 valence electrons. The fraction of sp³-hybridized carbons (Fsp3) is 0.933. The lowest BCUT2D eigenvalue weighted by Crippen LogP contribution is -2.46. The first-order valence-electron chi connectivity index (χ1n) is 7.45. The van der Waals surface area contributed by atoms with Gasteiger partial charge in [-0.1, -0.05) is 0 Å². The molecule has 5 nitrogen and oxygen atoms in total. The minimum Gasteiger partial charge on any atom is -0.444 e. The maximum Gasteiger partial charge on any atom is 0.410 e. The Hall–Kier alpha value is -0.810. The van der Waals surface area contributed by atoms with Crippen LogP contribution in [0.4, 0.5) is 4.79 Å². The highest BCUT2D eigenvalue weighted by Crippen LogP contribution is 2.25. The normalized spacial score (nSPS) is 19.9. The van der Waals surface area contributed by atoms with E-state index < -0.39 is 11.2 Å². The first-order chi connectivity index (χ1) is 8.99. The molecule has 1 atom stereocenters. The number of piperidine rings is 1. The third-order valence-corrected chi connectivity index (χ3v) is 3.76. The standard InChI is InChI=1S/C15H30N2O3/c1-14(2,3)20-13(18)17-8-6-11(7-9-17)10-12(16)15(4,5)19/h11-12,19H,6-10,16H2,1-5H3/t12-/m0/s1. The predicted octanol–water partition coefficient (Wildman–Crippen LogP) is 2.12. The van der Waals surface area contributed by atoms with Crippen LogP contribution in [0.3, 0.4) is 0 Å². The van der Waals surface area contributed by atoms with E-state index in [1.807, 2.05) is 20.8 Å². The van der Waals surface area contributed by atoms with Gasteiger partial charge in [-0.2, -0.15) is 0 Å². The number of nitrogens with zero attached hydrogens (tertiary/aromatic N) is 1. The number of carbonyl (C=O) groups is 1. The van der Waals surface area contributed by atoms with Crippen molar-refractivity contribution in [3.8, 4) is 0 Å². The van der Waals surface area contributed by atoms with Gasteiger partial charge in [-0.05, 0) is 59.8 Å². The first-order valence-corrected chi connectivity index (χ1v) is 7.45. The summed E-state index contributed by atoms with van der Waals surface area (Å²) in [5, 5.41) is 9.88. The van der Waals surface area contributed by atoms with E-state index in [0.717, 1.165) is 19.3 Å². The molecule has 1 fully saturated rings. The quantitative estimate of drug-likeness (QED) is 0.833. The molecule has 5 heteroatoms. The van der Waals surface area contributed by atoms with Gasteiger partial charge >= 0.3 is 6.09 Å². The van der Waals surface area contributed by atoms with Crippen molar-refractivity contribution in [2.45, 2.75) is 71.1 Å². The fourth-order valence-electron chi connectivity index (χ4n) is 2.33. The van der Waals surface area contributed by atoms with Crippen molar-refractivity contribution in [2.75, 3.05) is 13.1 Å². The van der Waals surface area contributed by atoms with Crippen molar-refractivity contribution in [3.05, 3.63) is 0 Å². The first kappa shape index (κ1) is 17.2. The molecule has 0 aromatic carbocycles. The summed E-state index contributed by atoms with van der Waals surface area (Å²) in [6, 6.07) is -0.222. The summed E-state index contributed by atoms with van der Waals surface area (Å²) >= 11 is 0. The smallest absolute Gasteiger partial charge is 0.410 e. The van der Waals surface area contributed by atoms with Crippen LogP contribution in [0.15, 0.2) is 0 Å². The van der Waals surface area contributed by atoms with Gasteiger partial charge in [0.2, 0.25) is 0 Å². The Balaban J connectivity index is 2.39. The number of aliphatic hydroxyl groups is 1. The number of nitrogens with two attached hydrogens (primary N) is 1. The molecule has 1 heterocycles. The molecular formula is C15H30N2O3. The fourth-order valence-corrected chi connectivity index (χ4v) is 2.33. The van der Waals surface area contributed by atoms with Crippen molar-refractivity contribution >= 4 is 6.09 Å². The van der Waals surface area contributed by atoms with E-state index in [4.69, 9.17) is 10.5 Å². The van der Waals surface area contributed by atoms with Crippen LogP contribution < -0.4 is 5.73 Å². The van der Waals surface area contributed by atoms with Gasteiger partial charge < -0.3 is 20.5 Å². The Morgan fingerprint density at radius 2 is 1.80 bits per heavy atom. The Labute approximate surface area is 122 Å². The monoisotopic (exact) mass is 286 g/mol. The van der Waals surface area contributed by atoms with Gasteiger partial charge in [-0.3, -0.25) is 0 Å². The van der Waals surface area contributed by atoms with Crippen molar-refractivity contribution in [3.63, 3.8) is 0 Å². The van der Waals surface area contributed by atoms with E-state index in [-0.39, 0.29) is 12.1 Å². The van der Waals surface area contributed by atoms with Gasteiger partial charge in [-0.15, -0.1) is 0 Å². The van der Waals surface area contributed by atoms with E-state index in [2.05, 4.69) is 0 Å². The van der Waals surface area contributed by atoms with Crippen molar-refractivity contribution in [2.24, 2.45) is 11.7 Å². The summed E-state index contributed by atoms with van der Waals surface area (Å²) in [5.41, 5.74) is 4.71. The van der Waals surface area contributed by atoms with Crippen molar-refractivity contribution in [1.82, 2.24) is 4.90 Å². The van der Waals surface area contributed by atoms with E-state index >= 15 is 0 Å². The average molecular weight is 286 g/mol. The van der Waals surface area contributed by atoms with Crippen LogP contribution >= 0.6 is 0 Å². The number of hydrogen-bond acceptors (Lipinski definition) is 4. The van der Waals surface area contributed by atoms with Gasteiger partial charge in [-0.25, -0.2) is 4.79 Å². The second-order valence-corrected chi connectivity index (χ2v) is 7.41. The largest absolute Gasteiger partial charge is 0.444 e. The van der Waals surface area contributed by atoms with Crippen LogP contribution in [0.2, 0.25) is 0 Å². The zero-order valence-electron chi connectivity index (χ0n) is 13.5. The highest BCUT2D eigenvalue weighted by Gasteiger charge is 2.30. The SMILES string of the molecule is CC(C)(C)OC(=O)N1CCC(C[C@H](N)C(C)(C)O)CC1. The molecule has 0 bridgehead atoms. The van der Waals surface area contributed by atoms with Gasteiger partial charge in [0, 0.05) is 19.1 Å². The molecule has 0 radical (unpaired) electrons.